The zero-order chi connectivity index (χ0) is 17.5. The molecule has 0 fully saturated rings. The summed E-state index contributed by atoms with van der Waals surface area (Å²) in [4.78, 5) is 24.2. The number of carbonyl (C=O) groups is 2. The highest BCUT2D eigenvalue weighted by Crippen LogP contribution is 2.15. The third-order valence-corrected chi connectivity index (χ3v) is 3.48. The molecule has 0 heterocycles. The third-order valence-electron chi connectivity index (χ3n) is 3.48. The average molecular weight is 326 g/mol. The van der Waals surface area contributed by atoms with Crippen LogP contribution in [0.15, 0.2) is 42.5 Å². The second kappa shape index (κ2) is 8.26. The van der Waals surface area contributed by atoms with Crippen molar-refractivity contribution in [1.82, 2.24) is 5.32 Å². The van der Waals surface area contributed by atoms with Crippen molar-refractivity contribution < 1.29 is 14.3 Å². The van der Waals surface area contributed by atoms with Crippen LogP contribution in [-0.4, -0.2) is 32.1 Å². The fourth-order valence-electron chi connectivity index (χ4n) is 2.39. The number of rotatable bonds is 6. The predicted octanol–water partition coefficient (Wildman–Crippen LogP) is 2.93. The molecule has 2 amide bonds. The van der Waals surface area contributed by atoms with Crippen LogP contribution in [0.25, 0.3) is 0 Å². The van der Waals surface area contributed by atoms with Crippen molar-refractivity contribution in [2.45, 2.75) is 13.8 Å². The molecule has 0 atom stereocenters. The first-order valence-corrected chi connectivity index (χ1v) is 7.76. The summed E-state index contributed by atoms with van der Waals surface area (Å²) in [5.41, 5.74) is 3.96. The first kappa shape index (κ1) is 17.7. The summed E-state index contributed by atoms with van der Waals surface area (Å²) in [5, 5.41) is 5.61. The summed E-state index contributed by atoms with van der Waals surface area (Å²) in [5.74, 6) is -0.389. The van der Waals surface area contributed by atoms with E-state index in [1.54, 1.807) is 31.4 Å². The molecule has 0 spiro atoms. The Morgan fingerprint density at radius 2 is 1.46 bits per heavy atom. The van der Waals surface area contributed by atoms with Crippen LogP contribution >= 0.6 is 0 Å². The van der Waals surface area contributed by atoms with Gasteiger partial charge in [0.2, 0.25) is 0 Å². The molecule has 0 radical (unpaired) electrons. The molecule has 5 nitrogen and oxygen atoms in total. The highest BCUT2D eigenvalue weighted by atomic mass is 16.5. The molecule has 0 unspecified atom stereocenters. The van der Waals surface area contributed by atoms with Gasteiger partial charge in [-0.2, -0.15) is 0 Å². The van der Waals surface area contributed by atoms with Gasteiger partial charge in [-0.1, -0.05) is 6.07 Å². The molecule has 2 aromatic rings. The summed E-state index contributed by atoms with van der Waals surface area (Å²) in [6.45, 7) is 4.88. The summed E-state index contributed by atoms with van der Waals surface area (Å²) in [6.07, 6.45) is 0. The summed E-state index contributed by atoms with van der Waals surface area (Å²) in [7, 11) is 1.58. The quantitative estimate of drug-likeness (QED) is 0.802. The molecule has 0 aliphatic heterocycles. The maximum absolute atomic E-state index is 12.3. The number of amides is 2. The van der Waals surface area contributed by atoms with Gasteiger partial charge in [-0.15, -0.1) is 0 Å². The van der Waals surface area contributed by atoms with Gasteiger partial charge >= 0.3 is 0 Å². The smallest absolute Gasteiger partial charge is 0.255 e. The van der Waals surface area contributed by atoms with E-state index in [-0.39, 0.29) is 11.8 Å². The van der Waals surface area contributed by atoms with E-state index >= 15 is 0 Å². The molecule has 2 aromatic carbocycles. The first-order valence-electron chi connectivity index (χ1n) is 7.76. The van der Waals surface area contributed by atoms with Crippen molar-refractivity contribution in [1.29, 1.82) is 0 Å². The molecule has 24 heavy (non-hydrogen) atoms. The third kappa shape index (κ3) is 4.93. The lowest BCUT2D eigenvalue weighted by Gasteiger charge is -2.08. The van der Waals surface area contributed by atoms with Gasteiger partial charge in [-0.05, 0) is 61.4 Å². The van der Waals surface area contributed by atoms with E-state index in [2.05, 4.69) is 10.6 Å². The number of aryl methyl sites for hydroxylation is 2. The number of hydrogen-bond donors (Lipinski definition) is 2. The fraction of sp³-hybridized carbons (Fsp3) is 0.263. The van der Waals surface area contributed by atoms with Crippen LogP contribution in [0.5, 0.6) is 0 Å². The van der Waals surface area contributed by atoms with Crippen LogP contribution < -0.4 is 10.6 Å². The van der Waals surface area contributed by atoms with E-state index in [9.17, 15) is 9.59 Å². The molecule has 0 aliphatic rings. The second-order valence-corrected chi connectivity index (χ2v) is 5.66. The molecule has 5 heteroatoms. The molecule has 0 saturated heterocycles. The molecular formula is C19H22N2O3. The van der Waals surface area contributed by atoms with Crippen LogP contribution in [0.1, 0.15) is 31.8 Å². The standard InChI is InChI=1S/C19H22N2O3/c1-13-10-14(2)12-17(11-13)21-19(23)16-6-4-15(5-7-16)18(22)20-8-9-24-3/h4-7,10-12H,8-9H2,1-3H3,(H,20,22)(H,21,23). The zero-order valence-electron chi connectivity index (χ0n) is 14.2. The number of carbonyl (C=O) groups excluding carboxylic acids is 2. The Morgan fingerprint density at radius 1 is 0.917 bits per heavy atom. The molecule has 0 aliphatic carbocycles. The molecule has 0 aromatic heterocycles. The highest BCUT2D eigenvalue weighted by Gasteiger charge is 2.09. The lowest BCUT2D eigenvalue weighted by Crippen LogP contribution is -2.26. The van der Waals surface area contributed by atoms with Gasteiger partial charge in [0.15, 0.2) is 0 Å². The Morgan fingerprint density at radius 3 is 2.00 bits per heavy atom. The van der Waals surface area contributed by atoms with Crippen LogP contribution in [0, 0.1) is 13.8 Å². The average Bonchev–Trinajstić information content (AvgIpc) is 2.54. The SMILES string of the molecule is COCCNC(=O)c1ccc(C(=O)Nc2cc(C)cc(C)c2)cc1. The largest absolute Gasteiger partial charge is 0.383 e. The van der Waals surface area contributed by atoms with E-state index in [4.69, 9.17) is 4.74 Å². The van der Waals surface area contributed by atoms with Gasteiger partial charge in [0.1, 0.15) is 0 Å². The zero-order valence-corrected chi connectivity index (χ0v) is 14.2. The van der Waals surface area contributed by atoms with Crippen molar-refractivity contribution in [3.05, 3.63) is 64.7 Å². The number of hydrogen-bond acceptors (Lipinski definition) is 3. The van der Waals surface area contributed by atoms with Crippen molar-refractivity contribution >= 4 is 17.5 Å². The van der Waals surface area contributed by atoms with Crippen molar-refractivity contribution in [2.75, 3.05) is 25.6 Å². The van der Waals surface area contributed by atoms with Gasteiger partial charge in [-0.3, -0.25) is 9.59 Å². The molecule has 126 valence electrons. The van der Waals surface area contributed by atoms with Gasteiger partial charge in [-0.25, -0.2) is 0 Å². The minimum absolute atomic E-state index is 0.187. The number of methoxy groups -OCH3 is 1. The minimum Gasteiger partial charge on any atom is -0.383 e. The molecular weight excluding hydrogens is 304 g/mol. The van der Waals surface area contributed by atoms with Crippen LogP contribution in [0.4, 0.5) is 5.69 Å². The number of ether oxygens (including phenoxy) is 1. The van der Waals surface area contributed by atoms with E-state index < -0.39 is 0 Å². The lowest BCUT2D eigenvalue weighted by molar-refractivity contribution is 0.0935. The Kier molecular flexibility index (Phi) is 6.09. The maximum atomic E-state index is 12.3. The summed E-state index contributed by atoms with van der Waals surface area (Å²) >= 11 is 0. The van der Waals surface area contributed by atoms with Crippen molar-refractivity contribution in [3.63, 3.8) is 0 Å². The predicted molar refractivity (Wildman–Crippen MR) is 94.5 cm³/mol. The van der Waals surface area contributed by atoms with E-state index in [1.165, 1.54) is 0 Å². The normalized spacial score (nSPS) is 10.3. The molecule has 0 saturated carbocycles. The number of nitrogens with one attached hydrogen (secondary N) is 2. The number of anilines is 1. The first-order chi connectivity index (χ1) is 11.5. The summed E-state index contributed by atoms with van der Waals surface area (Å²) < 4.78 is 4.88. The van der Waals surface area contributed by atoms with E-state index in [1.807, 2.05) is 32.0 Å². The Labute approximate surface area is 142 Å². The Hall–Kier alpha value is -2.66. The van der Waals surface area contributed by atoms with Gasteiger partial charge in [0, 0.05) is 30.5 Å². The lowest BCUT2D eigenvalue weighted by atomic mass is 10.1. The number of benzene rings is 2. The van der Waals surface area contributed by atoms with Crippen molar-refractivity contribution in [3.8, 4) is 0 Å². The molecule has 0 bridgehead atoms. The van der Waals surface area contributed by atoms with Crippen LogP contribution in [-0.2, 0) is 4.74 Å². The monoisotopic (exact) mass is 326 g/mol. The second-order valence-electron chi connectivity index (χ2n) is 5.66. The van der Waals surface area contributed by atoms with Crippen molar-refractivity contribution in [2.24, 2.45) is 0 Å². The Bertz CT molecular complexity index is 704. The van der Waals surface area contributed by atoms with Gasteiger partial charge in [0.25, 0.3) is 11.8 Å². The Balaban J connectivity index is 2.01. The minimum atomic E-state index is -0.202. The van der Waals surface area contributed by atoms with Gasteiger partial charge < -0.3 is 15.4 Å². The molecule has 2 rings (SSSR count). The van der Waals surface area contributed by atoms with Crippen LogP contribution in [0.3, 0.4) is 0 Å². The maximum Gasteiger partial charge on any atom is 0.255 e. The fourth-order valence-corrected chi connectivity index (χ4v) is 2.39. The highest BCUT2D eigenvalue weighted by molar-refractivity contribution is 6.05. The van der Waals surface area contributed by atoms with Gasteiger partial charge in [0.05, 0.1) is 6.61 Å². The summed E-state index contributed by atoms with van der Waals surface area (Å²) in [6, 6.07) is 12.4. The van der Waals surface area contributed by atoms with E-state index in [0.717, 1.165) is 16.8 Å². The van der Waals surface area contributed by atoms with E-state index in [0.29, 0.717) is 24.3 Å². The molecule has 2 N–H and O–H groups in total. The topological polar surface area (TPSA) is 67.4 Å². The van der Waals surface area contributed by atoms with Crippen LogP contribution in [0.2, 0.25) is 0 Å².